The first-order valence-electron chi connectivity index (χ1n) is 9.95. The number of imide groups is 1. The number of alkyl halides is 3. The van der Waals surface area contributed by atoms with E-state index in [1.165, 1.54) is 34.6 Å². The summed E-state index contributed by atoms with van der Waals surface area (Å²) in [5.41, 5.74) is -0.0351. The van der Waals surface area contributed by atoms with Crippen molar-refractivity contribution in [1.29, 1.82) is 0 Å². The van der Waals surface area contributed by atoms with Crippen LogP contribution in [0.4, 0.5) is 24.5 Å². The van der Waals surface area contributed by atoms with Crippen LogP contribution in [0.25, 0.3) is 0 Å². The Morgan fingerprint density at radius 1 is 0.781 bits per heavy atom. The third-order valence-corrected chi connectivity index (χ3v) is 7.47. The normalized spacial score (nSPS) is 18.5. The highest BCUT2D eigenvalue weighted by Gasteiger charge is 2.33. The van der Waals surface area contributed by atoms with E-state index in [0.29, 0.717) is 11.4 Å². The summed E-state index contributed by atoms with van der Waals surface area (Å²) in [7, 11) is -3.83. The van der Waals surface area contributed by atoms with Crippen LogP contribution < -0.4 is 9.80 Å². The van der Waals surface area contributed by atoms with Crippen LogP contribution in [0.5, 0.6) is 0 Å². The highest BCUT2D eigenvalue weighted by Crippen LogP contribution is 2.32. The van der Waals surface area contributed by atoms with Crippen molar-refractivity contribution in [3.63, 3.8) is 0 Å². The van der Waals surface area contributed by atoms with Crippen molar-refractivity contribution >= 4 is 33.2 Å². The van der Waals surface area contributed by atoms with Gasteiger partial charge >= 0.3 is 6.18 Å². The quantitative estimate of drug-likeness (QED) is 0.647. The summed E-state index contributed by atoms with van der Waals surface area (Å²) in [5, 5.41) is 0. The summed E-state index contributed by atoms with van der Waals surface area (Å²) in [6, 6.07) is 10.5. The molecule has 4 rings (SSSR count). The van der Waals surface area contributed by atoms with Gasteiger partial charge in [-0.2, -0.15) is 17.5 Å². The monoisotopic (exact) mass is 467 g/mol. The second-order valence-electron chi connectivity index (χ2n) is 7.56. The smallest absolute Gasteiger partial charge is 0.369 e. The van der Waals surface area contributed by atoms with Crippen molar-refractivity contribution < 1.29 is 31.2 Å². The molecule has 0 atom stereocenters. The van der Waals surface area contributed by atoms with Crippen molar-refractivity contribution in [2.24, 2.45) is 0 Å². The van der Waals surface area contributed by atoms with Gasteiger partial charge in [0, 0.05) is 44.7 Å². The van der Waals surface area contributed by atoms with E-state index in [9.17, 15) is 31.2 Å². The number of halogens is 3. The number of carbonyl (C=O) groups is 2. The zero-order valence-corrected chi connectivity index (χ0v) is 17.7. The van der Waals surface area contributed by atoms with Gasteiger partial charge in [0.15, 0.2) is 0 Å². The van der Waals surface area contributed by atoms with Gasteiger partial charge in [0.25, 0.3) is 0 Å². The maximum absolute atomic E-state index is 13.0. The van der Waals surface area contributed by atoms with Gasteiger partial charge in [0.2, 0.25) is 21.8 Å². The summed E-state index contributed by atoms with van der Waals surface area (Å²) in [4.78, 5) is 26.5. The number of amides is 2. The minimum Gasteiger partial charge on any atom is -0.369 e. The summed E-state index contributed by atoms with van der Waals surface area (Å²) in [6.45, 7) is 0.720. The lowest BCUT2D eigenvalue weighted by molar-refractivity contribution is -0.137. The Labute approximate surface area is 183 Å². The number of piperazine rings is 1. The molecule has 0 spiro atoms. The predicted molar refractivity (Wildman–Crippen MR) is 111 cm³/mol. The molecule has 0 aromatic heterocycles. The van der Waals surface area contributed by atoms with Crippen molar-refractivity contribution in [3.8, 4) is 0 Å². The minimum absolute atomic E-state index is 0.0212. The maximum atomic E-state index is 13.0. The molecule has 32 heavy (non-hydrogen) atoms. The van der Waals surface area contributed by atoms with E-state index in [1.54, 1.807) is 11.0 Å². The Morgan fingerprint density at radius 2 is 1.38 bits per heavy atom. The molecule has 0 aliphatic carbocycles. The van der Waals surface area contributed by atoms with Crippen LogP contribution in [0.1, 0.15) is 18.4 Å². The fraction of sp³-hybridized carbons (Fsp3) is 0.333. The molecular formula is C21H20F3N3O4S. The molecule has 0 unspecified atom stereocenters. The van der Waals surface area contributed by atoms with Gasteiger partial charge in [0.05, 0.1) is 16.1 Å². The average Bonchev–Trinajstić information content (AvgIpc) is 3.11. The van der Waals surface area contributed by atoms with Crippen LogP contribution in [-0.2, 0) is 25.8 Å². The van der Waals surface area contributed by atoms with Crippen molar-refractivity contribution in [1.82, 2.24) is 4.31 Å². The lowest BCUT2D eigenvalue weighted by atomic mass is 10.1. The number of benzene rings is 2. The first-order chi connectivity index (χ1) is 15.1. The maximum Gasteiger partial charge on any atom is 0.416 e. The second-order valence-corrected chi connectivity index (χ2v) is 9.49. The summed E-state index contributed by atoms with van der Waals surface area (Å²) in [5.74, 6) is -0.646. The number of nitrogens with zero attached hydrogens (tertiary/aromatic N) is 3. The molecule has 2 aromatic carbocycles. The average molecular weight is 467 g/mol. The summed E-state index contributed by atoms with van der Waals surface area (Å²) >= 11 is 0. The molecule has 0 radical (unpaired) electrons. The van der Waals surface area contributed by atoms with E-state index in [1.807, 2.05) is 0 Å². The van der Waals surface area contributed by atoms with Crippen LogP contribution in [0.2, 0.25) is 0 Å². The number of hydrogen-bond donors (Lipinski definition) is 0. The molecule has 2 aliphatic rings. The lowest BCUT2D eigenvalue weighted by Crippen LogP contribution is -2.48. The first kappa shape index (κ1) is 22.3. The van der Waals surface area contributed by atoms with Crippen LogP contribution in [-0.4, -0.2) is 50.7 Å². The van der Waals surface area contributed by atoms with Gasteiger partial charge in [-0.1, -0.05) is 6.07 Å². The number of sulfonamides is 1. The highest BCUT2D eigenvalue weighted by atomic mass is 32.2. The van der Waals surface area contributed by atoms with E-state index in [-0.39, 0.29) is 55.7 Å². The van der Waals surface area contributed by atoms with Gasteiger partial charge in [-0.05, 0) is 42.5 Å². The third kappa shape index (κ3) is 4.22. The Morgan fingerprint density at radius 3 is 1.94 bits per heavy atom. The van der Waals surface area contributed by atoms with Gasteiger partial charge in [0.1, 0.15) is 0 Å². The Kier molecular flexibility index (Phi) is 5.72. The van der Waals surface area contributed by atoms with Gasteiger partial charge in [-0.15, -0.1) is 0 Å². The van der Waals surface area contributed by atoms with Crippen LogP contribution >= 0.6 is 0 Å². The van der Waals surface area contributed by atoms with Crippen LogP contribution in [0.3, 0.4) is 0 Å². The largest absolute Gasteiger partial charge is 0.416 e. The van der Waals surface area contributed by atoms with E-state index < -0.39 is 21.8 Å². The van der Waals surface area contributed by atoms with E-state index >= 15 is 0 Å². The summed E-state index contributed by atoms with van der Waals surface area (Å²) in [6.07, 6.45) is -4.18. The number of hydrogen-bond acceptors (Lipinski definition) is 5. The second kappa shape index (κ2) is 8.21. The molecule has 2 fully saturated rings. The number of anilines is 2. The van der Waals surface area contributed by atoms with Crippen LogP contribution in [0, 0.1) is 0 Å². The Balaban J connectivity index is 1.45. The van der Waals surface area contributed by atoms with Crippen molar-refractivity contribution in [2.45, 2.75) is 23.9 Å². The summed E-state index contributed by atoms with van der Waals surface area (Å²) < 4.78 is 66.1. The molecule has 2 heterocycles. The number of rotatable bonds is 4. The first-order valence-corrected chi connectivity index (χ1v) is 11.4. The molecule has 11 heteroatoms. The Bertz CT molecular complexity index is 1130. The molecule has 0 saturated carbocycles. The van der Waals surface area contributed by atoms with E-state index in [4.69, 9.17) is 0 Å². The van der Waals surface area contributed by atoms with Crippen molar-refractivity contribution in [2.75, 3.05) is 36.0 Å². The molecule has 2 amide bonds. The van der Waals surface area contributed by atoms with Crippen LogP contribution in [0.15, 0.2) is 53.4 Å². The van der Waals surface area contributed by atoms with Crippen molar-refractivity contribution in [3.05, 3.63) is 54.1 Å². The molecule has 0 N–H and O–H groups in total. The molecule has 170 valence electrons. The SMILES string of the molecule is O=C1CCC(=O)N1c1ccc(S(=O)(=O)N2CCN(c3cccc(C(F)(F)F)c3)CC2)cc1. The molecule has 2 aromatic rings. The number of carbonyl (C=O) groups excluding carboxylic acids is 2. The fourth-order valence-electron chi connectivity index (χ4n) is 3.85. The van der Waals surface area contributed by atoms with E-state index in [2.05, 4.69) is 0 Å². The standard InChI is InChI=1S/C21H20F3N3O4S/c22-21(23,24)15-2-1-3-17(14-15)25-10-12-26(13-11-25)32(30,31)18-6-4-16(5-7-18)27-19(28)8-9-20(27)29/h1-7,14H,8-13H2. The fourth-order valence-corrected chi connectivity index (χ4v) is 5.27. The Hall–Kier alpha value is -2.92. The molecule has 2 aliphatic heterocycles. The van der Waals surface area contributed by atoms with Gasteiger partial charge in [-0.25, -0.2) is 8.42 Å². The minimum atomic E-state index is -4.45. The van der Waals surface area contributed by atoms with E-state index in [0.717, 1.165) is 17.0 Å². The van der Waals surface area contributed by atoms with Gasteiger partial charge < -0.3 is 4.90 Å². The zero-order valence-electron chi connectivity index (χ0n) is 16.9. The highest BCUT2D eigenvalue weighted by molar-refractivity contribution is 7.89. The molecular weight excluding hydrogens is 447 g/mol. The zero-order chi connectivity index (χ0) is 23.1. The molecule has 0 bridgehead atoms. The molecule has 7 nitrogen and oxygen atoms in total. The topological polar surface area (TPSA) is 78.0 Å². The third-order valence-electron chi connectivity index (χ3n) is 5.56. The lowest BCUT2D eigenvalue weighted by Gasteiger charge is -2.35. The van der Waals surface area contributed by atoms with Gasteiger partial charge in [-0.3, -0.25) is 14.5 Å². The predicted octanol–water partition coefficient (Wildman–Crippen LogP) is 2.87. The molecule has 2 saturated heterocycles.